The van der Waals surface area contributed by atoms with Gasteiger partial charge in [0.25, 0.3) is 11.1 Å². The smallest absolute Gasteiger partial charge is 0.387 e. The van der Waals surface area contributed by atoms with Crippen molar-refractivity contribution in [2.45, 2.75) is 18.8 Å². The van der Waals surface area contributed by atoms with Gasteiger partial charge < -0.3 is 18.9 Å². The number of benzene rings is 1. The number of alkyl halides is 2. The predicted octanol–water partition coefficient (Wildman–Crippen LogP) is 3.97. The van der Waals surface area contributed by atoms with E-state index in [9.17, 15) is 13.6 Å². The maximum atomic E-state index is 12.2. The molecular formula is C16H13F2N3O4S. The van der Waals surface area contributed by atoms with Crippen LogP contribution in [-0.4, -0.2) is 28.5 Å². The van der Waals surface area contributed by atoms with Gasteiger partial charge in [-0.2, -0.15) is 8.78 Å². The number of carbonyl (C=O) groups excluding carboxylic acids is 1. The molecule has 0 aliphatic rings. The van der Waals surface area contributed by atoms with Crippen molar-refractivity contribution >= 4 is 23.4 Å². The fourth-order valence-corrected chi connectivity index (χ4v) is 2.60. The maximum absolute atomic E-state index is 12.2. The van der Waals surface area contributed by atoms with Crippen LogP contribution in [0.4, 0.5) is 14.5 Å². The number of carbonyl (C=O) groups is 1. The molecule has 0 bridgehead atoms. The Morgan fingerprint density at radius 1 is 1.35 bits per heavy atom. The van der Waals surface area contributed by atoms with Crippen molar-refractivity contribution in [1.82, 2.24) is 10.2 Å². The van der Waals surface area contributed by atoms with Crippen molar-refractivity contribution in [2.24, 2.45) is 0 Å². The second-order valence-electron chi connectivity index (χ2n) is 5.04. The van der Waals surface area contributed by atoms with Crippen molar-refractivity contribution in [2.75, 3.05) is 11.1 Å². The fraction of sp³-hybridized carbons (Fsp3) is 0.188. The zero-order chi connectivity index (χ0) is 18.5. The first-order valence-electron chi connectivity index (χ1n) is 7.37. The first kappa shape index (κ1) is 17.9. The van der Waals surface area contributed by atoms with Crippen LogP contribution in [0.3, 0.4) is 0 Å². The average Bonchev–Trinajstić information content (AvgIpc) is 3.26. The Bertz CT molecular complexity index is 884. The van der Waals surface area contributed by atoms with E-state index in [4.69, 9.17) is 8.83 Å². The molecule has 3 aromatic rings. The van der Waals surface area contributed by atoms with Crippen molar-refractivity contribution in [3.8, 4) is 17.4 Å². The van der Waals surface area contributed by atoms with Gasteiger partial charge in [0.05, 0.1) is 12.0 Å². The number of hydrogen-bond donors (Lipinski definition) is 1. The Labute approximate surface area is 150 Å². The van der Waals surface area contributed by atoms with E-state index < -0.39 is 6.61 Å². The monoisotopic (exact) mass is 381 g/mol. The van der Waals surface area contributed by atoms with Gasteiger partial charge in [0.1, 0.15) is 5.75 Å². The van der Waals surface area contributed by atoms with Crippen molar-refractivity contribution in [1.29, 1.82) is 0 Å². The molecule has 26 heavy (non-hydrogen) atoms. The molecule has 136 valence electrons. The lowest BCUT2D eigenvalue weighted by Gasteiger charge is -2.10. The second-order valence-corrected chi connectivity index (χ2v) is 5.97. The number of nitrogens with one attached hydrogen (secondary N) is 1. The average molecular weight is 381 g/mol. The Kier molecular flexibility index (Phi) is 5.52. The van der Waals surface area contributed by atoms with E-state index in [0.29, 0.717) is 17.0 Å². The van der Waals surface area contributed by atoms with Gasteiger partial charge in [-0.1, -0.05) is 11.8 Å². The molecule has 0 unspecified atom stereocenters. The van der Waals surface area contributed by atoms with Gasteiger partial charge >= 0.3 is 6.61 Å². The van der Waals surface area contributed by atoms with E-state index in [2.05, 4.69) is 20.3 Å². The van der Waals surface area contributed by atoms with Crippen molar-refractivity contribution in [3.63, 3.8) is 0 Å². The highest BCUT2D eigenvalue weighted by molar-refractivity contribution is 7.99. The van der Waals surface area contributed by atoms with Gasteiger partial charge in [0.15, 0.2) is 5.76 Å². The summed E-state index contributed by atoms with van der Waals surface area (Å²) in [5.74, 6) is 0.424. The number of nitrogens with zero attached hydrogens (tertiary/aromatic N) is 2. The summed E-state index contributed by atoms with van der Waals surface area (Å²) < 4.78 is 39.2. The quantitative estimate of drug-likeness (QED) is 0.619. The van der Waals surface area contributed by atoms with Crippen molar-refractivity contribution < 1.29 is 27.1 Å². The lowest BCUT2D eigenvalue weighted by molar-refractivity contribution is -0.113. The van der Waals surface area contributed by atoms with Crippen LogP contribution in [-0.2, 0) is 4.79 Å². The van der Waals surface area contributed by atoms with E-state index in [1.54, 1.807) is 19.1 Å². The topological polar surface area (TPSA) is 90.4 Å². The zero-order valence-corrected chi connectivity index (χ0v) is 14.3. The number of amides is 1. The minimum Gasteiger partial charge on any atom is -0.459 e. The number of anilines is 1. The Hall–Kier alpha value is -2.88. The summed E-state index contributed by atoms with van der Waals surface area (Å²) in [7, 11) is 0. The third-order valence-electron chi connectivity index (χ3n) is 3.16. The van der Waals surface area contributed by atoms with Crippen LogP contribution in [0.1, 0.15) is 5.56 Å². The van der Waals surface area contributed by atoms with Crippen molar-refractivity contribution in [3.05, 3.63) is 42.2 Å². The molecular weight excluding hydrogens is 368 g/mol. The standard InChI is InChI=1S/C16H13F2N3O4S/c1-9-7-10(24-15(17)18)4-5-11(9)19-13(22)8-26-16-21-20-14(25-16)12-3-2-6-23-12/h2-7,15H,8H2,1H3,(H,19,22). The van der Waals surface area contributed by atoms with E-state index in [1.807, 2.05) is 0 Å². The molecule has 0 fully saturated rings. The first-order valence-corrected chi connectivity index (χ1v) is 8.35. The highest BCUT2D eigenvalue weighted by Crippen LogP contribution is 2.25. The molecule has 0 aliphatic heterocycles. The van der Waals surface area contributed by atoms with E-state index in [1.165, 1.54) is 24.5 Å². The maximum Gasteiger partial charge on any atom is 0.387 e. The van der Waals surface area contributed by atoms with Gasteiger partial charge in [-0.25, -0.2) is 0 Å². The van der Waals surface area contributed by atoms with Gasteiger partial charge in [0, 0.05) is 5.69 Å². The largest absolute Gasteiger partial charge is 0.459 e. The van der Waals surface area contributed by atoms with Gasteiger partial charge in [-0.3, -0.25) is 4.79 Å². The van der Waals surface area contributed by atoms with Crippen LogP contribution in [0.5, 0.6) is 5.75 Å². The third-order valence-corrected chi connectivity index (χ3v) is 3.98. The summed E-state index contributed by atoms with van der Waals surface area (Å²) in [5.41, 5.74) is 1.10. The van der Waals surface area contributed by atoms with E-state index in [-0.39, 0.29) is 28.5 Å². The highest BCUT2D eigenvalue weighted by Gasteiger charge is 2.14. The fourth-order valence-electron chi connectivity index (χ4n) is 2.03. The summed E-state index contributed by atoms with van der Waals surface area (Å²) in [6.07, 6.45) is 1.49. The minimum absolute atomic E-state index is 0.0289. The molecule has 1 N–H and O–H groups in total. The molecule has 0 atom stereocenters. The highest BCUT2D eigenvalue weighted by atomic mass is 32.2. The SMILES string of the molecule is Cc1cc(OC(F)F)ccc1NC(=O)CSc1nnc(-c2ccco2)o1. The van der Waals surface area contributed by atoms with Crippen LogP contribution in [0.15, 0.2) is 50.7 Å². The molecule has 0 saturated carbocycles. The number of rotatable bonds is 7. The summed E-state index contributed by atoms with van der Waals surface area (Å²) in [6.45, 7) is -1.22. The van der Waals surface area contributed by atoms with Gasteiger partial charge in [-0.15, -0.1) is 10.2 Å². The molecule has 7 nitrogen and oxygen atoms in total. The van der Waals surface area contributed by atoms with Gasteiger partial charge in [-0.05, 0) is 42.8 Å². The Morgan fingerprint density at radius 3 is 2.88 bits per heavy atom. The lowest BCUT2D eigenvalue weighted by atomic mass is 10.2. The normalized spacial score (nSPS) is 10.9. The number of aryl methyl sites for hydroxylation is 1. The van der Waals surface area contributed by atoms with Crippen LogP contribution in [0.2, 0.25) is 0 Å². The minimum atomic E-state index is -2.90. The molecule has 0 radical (unpaired) electrons. The number of halogens is 2. The molecule has 0 saturated heterocycles. The number of aromatic nitrogens is 2. The molecule has 3 rings (SSSR count). The number of thioether (sulfide) groups is 1. The predicted molar refractivity (Wildman–Crippen MR) is 89.2 cm³/mol. The lowest BCUT2D eigenvalue weighted by Crippen LogP contribution is -2.15. The van der Waals surface area contributed by atoms with Crippen LogP contribution >= 0.6 is 11.8 Å². The van der Waals surface area contributed by atoms with Crippen LogP contribution in [0.25, 0.3) is 11.7 Å². The molecule has 0 aliphatic carbocycles. The summed E-state index contributed by atoms with van der Waals surface area (Å²) in [6, 6.07) is 7.65. The van der Waals surface area contributed by atoms with E-state index >= 15 is 0 Å². The second kappa shape index (κ2) is 8.00. The Morgan fingerprint density at radius 2 is 2.19 bits per heavy atom. The van der Waals surface area contributed by atoms with Crippen LogP contribution < -0.4 is 10.1 Å². The van der Waals surface area contributed by atoms with E-state index in [0.717, 1.165) is 11.8 Å². The van der Waals surface area contributed by atoms with Gasteiger partial charge in [0.2, 0.25) is 5.91 Å². The third kappa shape index (κ3) is 4.60. The molecule has 1 amide bonds. The Balaban J connectivity index is 1.54. The zero-order valence-electron chi connectivity index (χ0n) is 13.4. The molecule has 2 aromatic heterocycles. The van der Waals surface area contributed by atoms with Crippen LogP contribution in [0, 0.1) is 6.92 Å². The molecule has 1 aromatic carbocycles. The number of ether oxygens (including phenoxy) is 1. The number of hydrogen-bond acceptors (Lipinski definition) is 7. The molecule has 2 heterocycles. The first-order chi connectivity index (χ1) is 12.5. The summed E-state index contributed by atoms with van der Waals surface area (Å²) in [5, 5.41) is 10.6. The molecule has 10 heteroatoms. The summed E-state index contributed by atoms with van der Waals surface area (Å²) in [4.78, 5) is 12.0. The molecule has 0 spiro atoms. The number of furan rings is 1. The summed E-state index contributed by atoms with van der Waals surface area (Å²) >= 11 is 1.07.